The molecule has 1 saturated heterocycles. The fourth-order valence-corrected chi connectivity index (χ4v) is 3.68. The second-order valence-electron chi connectivity index (χ2n) is 6.92. The molecule has 0 spiro atoms. The summed E-state index contributed by atoms with van der Waals surface area (Å²) in [6.45, 7) is 1.46. The highest BCUT2D eigenvalue weighted by Gasteiger charge is 2.26. The minimum Gasteiger partial charge on any atom is -0.342 e. The first kappa shape index (κ1) is 18.6. The number of halogens is 1. The van der Waals surface area contributed by atoms with Crippen molar-refractivity contribution in [3.63, 3.8) is 0 Å². The van der Waals surface area contributed by atoms with Crippen LogP contribution in [0.3, 0.4) is 0 Å². The van der Waals surface area contributed by atoms with Gasteiger partial charge in [-0.2, -0.15) is 4.98 Å². The largest absolute Gasteiger partial charge is 0.342 e. The van der Waals surface area contributed by atoms with Crippen molar-refractivity contribution in [1.29, 1.82) is 0 Å². The molecule has 0 radical (unpaired) electrons. The number of carbonyl (C=O) groups excluding carboxylic acids is 1. The van der Waals surface area contributed by atoms with Crippen LogP contribution >= 0.6 is 11.6 Å². The van der Waals surface area contributed by atoms with Crippen molar-refractivity contribution < 1.29 is 9.32 Å². The van der Waals surface area contributed by atoms with Gasteiger partial charge in [0.1, 0.15) is 5.69 Å². The first-order valence-corrected chi connectivity index (χ1v) is 9.67. The van der Waals surface area contributed by atoms with Gasteiger partial charge in [0.15, 0.2) is 0 Å². The Kier molecular flexibility index (Phi) is 5.62. The normalized spacial score (nSPS) is 16.9. The molecule has 1 aromatic carbocycles. The smallest absolute Gasteiger partial charge is 0.227 e. The van der Waals surface area contributed by atoms with E-state index in [2.05, 4.69) is 20.1 Å². The van der Waals surface area contributed by atoms with Crippen molar-refractivity contribution in [2.75, 3.05) is 13.1 Å². The zero-order valence-corrected chi connectivity index (χ0v) is 16.0. The summed E-state index contributed by atoms with van der Waals surface area (Å²) < 4.78 is 5.38. The molecule has 1 amide bonds. The molecule has 1 aliphatic rings. The van der Waals surface area contributed by atoms with E-state index in [9.17, 15) is 4.79 Å². The first-order chi connectivity index (χ1) is 13.7. The van der Waals surface area contributed by atoms with Gasteiger partial charge in [0.05, 0.1) is 12.6 Å². The molecule has 2 aromatic heterocycles. The van der Waals surface area contributed by atoms with Crippen molar-refractivity contribution >= 4 is 17.5 Å². The molecule has 7 nitrogen and oxygen atoms in total. The van der Waals surface area contributed by atoms with Gasteiger partial charge >= 0.3 is 0 Å². The Morgan fingerprint density at radius 2 is 2.18 bits per heavy atom. The summed E-state index contributed by atoms with van der Waals surface area (Å²) in [6, 6.07) is 7.48. The van der Waals surface area contributed by atoms with Crippen LogP contribution in [-0.2, 0) is 17.6 Å². The summed E-state index contributed by atoms with van der Waals surface area (Å²) >= 11 is 6.19. The molecule has 3 heterocycles. The number of benzene rings is 1. The Hall–Kier alpha value is -2.80. The molecule has 1 aliphatic heterocycles. The third kappa shape index (κ3) is 4.36. The molecule has 1 fully saturated rings. The predicted octanol–water partition coefficient (Wildman–Crippen LogP) is 3.20. The van der Waals surface area contributed by atoms with Gasteiger partial charge in [-0.05, 0) is 30.4 Å². The zero-order valence-electron chi connectivity index (χ0n) is 15.3. The zero-order chi connectivity index (χ0) is 19.3. The van der Waals surface area contributed by atoms with E-state index in [0.29, 0.717) is 47.7 Å². The number of likely N-dealkylation sites (tertiary alicyclic amines) is 1. The first-order valence-electron chi connectivity index (χ1n) is 9.29. The monoisotopic (exact) mass is 397 g/mol. The number of amides is 1. The van der Waals surface area contributed by atoms with E-state index in [4.69, 9.17) is 16.1 Å². The van der Waals surface area contributed by atoms with E-state index in [1.807, 2.05) is 29.2 Å². The molecule has 0 bridgehead atoms. The number of hydrogen-bond donors (Lipinski definition) is 0. The lowest BCUT2D eigenvalue weighted by atomic mass is 9.94. The van der Waals surface area contributed by atoms with Crippen molar-refractivity contribution in [3.05, 3.63) is 59.3 Å². The Bertz CT molecular complexity index is 947. The molecular weight excluding hydrogens is 378 g/mol. The van der Waals surface area contributed by atoms with Crippen LogP contribution < -0.4 is 0 Å². The molecule has 28 heavy (non-hydrogen) atoms. The Morgan fingerprint density at radius 1 is 1.29 bits per heavy atom. The van der Waals surface area contributed by atoms with Gasteiger partial charge in [-0.15, -0.1) is 0 Å². The number of aromatic nitrogens is 4. The topological polar surface area (TPSA) is 85.0 Å². The van der Waals surface area contributed by atoms with Gasteiger partial charge in [0.2, 0.25) is 17.6 Å². The summed E-state index contributed by atoms with van der Waals surface area (Å²) in [4.78, 5) is 27.2. The minimum atomic E-state index is 0.101. The molecule has 4 rings (SSSR count). The maximum absolute atomic E-state index is 12.7. The summed E-state index contributed by atoms with van der Waals surface area (Å²) in [6.07, 6.45) is 7.75. The van der Waals surface area contributed by atoms with Crippen LogP contribution in [0.25, 0.3) is 11.5 Å². The number of rotatable bonds is 5. The molecule has 8 heteroatoms. The summed E-state index contributed by atoms with van der Waals surface area (Å²) in [5, 5.41) is 4.62. The van der Waals surface area contributed by atoms with Gasteiger partial charge in [-0.3, -0.25) is 9.78 Å². The van der Waals surface area contributed by atoms with Crippen molar-refractivity contribution in [1.82, 2.24) is 25.0 Å². The average molecular weight is 398 g/mol. The van der Waals surface area contributed by atoms with Crippen LogP contribution in [0.4, 0.5) is 0 Å². The van der Waals surface area contributed by atoms with Crippen LogP contribution in [0.2, 0.25) is 5.02 Å². The van der Waals surface area contributed by atoms with E-state index in [-0.39, 0.29) is 5.91 Å². The van der Waals surface area contributed by atoms with Crippen molar-refractivity contribution in [2.45, 2.75) is 25.7 Å². The number of nitrogens with zero attached hydrogens (tertiary/aromatic N) is 5. The number of carbonyl (C=O) groups is 1. The van der Waals surface area contributed by atoms with Gasteiger partial charge < -0.3 is 9.42 Å². The lowest BCUT2D eigenvalue weighted by molar-refractivity contribution is -0.132. The third-order valence-electron chi connectivity index (χ3n) is 4.89. The maximum Gasteiger partial charge on any atom is 0.227 e. The van der Waals surface area contributed by atoms with Gasteiger partial charge in [0, 0.05) is 36.9 Å². The Labute approximate surface area is 167 Å². The van der Waals surface area contributed by atoms with Crippen LogP contribution in [0.5, 0.6) is 0 Å². The third-order valence-corrected chi connectivity index (χ3v) is 5.26. The Morgan fingerprint density at radius 3 is 3.00 bits per heavy atom. The molecule has 0 saturated carbocycles. The lowest BCUT2D eigenvalue weighted by Gasteiger charge is -2.32. The molecule has 144 valence electrons. The van der Waals surface area contributed by atoms with E-state index >= 15 is 0 Å². The van der Waals surface area contributed by atoms with E-state index in [1.165, 1.54) is 0 Å². The highest BCUT2D eigenvalue weighted by molar-refractivity contribution is 6.31. The standard InChI is InChI=1S/C20H20ClN5O2/c21-16-6-2-1-5-15(16)11-19(27)26-9-3-4-14(13-26)10-18-24-20(25-28-18)17-12-22-7-8-23-17/h1-2,5-8,12,14H,3-4,9-11,13H2/t14-/m1/s1. The van der Waals surface area contributed by atoms with E-state index in [1.54, 1.807) is 18.6 Å². The lowest BCUT2D eigenvalue weighted by Crippen LogP contribution is -2.41. The van der Waals surface area contributed by atoms with Gasteiger partial charge in [-0.1, -0.05) is 35.0 Å². The second-order valence-corrected chi connectivity index (χ2v) is 7.33. The Balaban J connectivity index is 1.37. The fraction of sp³-hybridized carbons (Fsp3) is 0.350. The highest BCUT2D eigenvalue weighted by Crippen LogP contribution is 2.23. The van der Waals surface area contributed by atoms with Gasteiger partial charge in [-0.25, -0.2) is 4.98 Å². The molecule has 3 aromatic rings. The fourth-order valence-electron chi connectivity index (χ4n) is 3.48. The van der Waals surface area contributed by atoms with Crippen molar-refractivity contribution in [3.8, 4) is 11.5 Å². The molecule has 0 N–H and O–H groups in total. The van der Waals surface area contributed by atoms with E-state index in [0.717, 1.165) is 24.9 Å². The SMILES string of the molecule is O=C(Cc1ccccc1Cl)N1CCC[C@H](Cc2nc(-c3cnccn3)no2)C1. The van der Waals surface area contributed by atoms with Crippen molar-refractivity contribution in [2.24, 2.45) is 5.92 Å². The molecule has 1 atom stereocenters. The van der Waals surface area contributed by atoms with Crippen LogP contribution in [0, 0.1) is 5.92 Å². The summed E-state index contributed by atoms with van der Waals surface area (Å²) in [7, 11) is 0. The van der Waals surface area contributed by atoms with Crippen LogP contribution in [0.15, 0.2) is 47.4 Å². The summed E-state index contributed by atoms with van der Waals surface area (Å²) in [5.74, 6) is 1.39. The van der Waals surface area contributed by atoms with Crippen LogP contribution in [0.1, 0.15) is 24.3 Å². The van der Waals surface area contributed by atoms with E-state index < -0.39 is 0 Å². The molecular formula is C20H20ClN5O2. The second kappa shape index (κ2) is 8.48. The van der Waals surface area contributed by atoms with Gasteiger partial charge in [0.25, 0.3) is 0 Å². The number of hydrogen-bond acceptors (Lipinski definition) is 6. The quantitative estimate of drug-likeness (QED) is 0.657. The molecule has 0 unspecified atom stereocenters. The molecule has 0 aliphatic carbocycles. The number of piperidine rings is 1. The minimum absolute atomic E-state index is 0.101. The summed E-state index contributed by atoms with van der Waals surface area (Å²) in [5.41, 5.74) is 1.44. The maximum atomic E-state index is 12.7. The average Bonchev–Trinajstić information content (AvgIpc) is 3.19. The highest BCUT2D eigenvalue weighted by atomic mass is 35.5. The predicted molar refractivity (Wildman–Crippen MR) is 103 cm³/mol. The van der Waals surface area contributed by atoms with Crippen LogP contribution in [-0.4, -0.2) is 44.0 Å².